The number of aromatic nitrogens is 2. The lowest BCUT2D eigenvalue weighted by Crippen LogP contribution is -2.33. The van der Waals surface area contributed by atoms with Gasteiger partial charge in [-0.25, -0.2) is 0 Å². The van der Waals surface area contributed by atoms with Crippen LogP contribution in [-0.2, 0) is 0 Å². The van der Waals surface area contributed by atoms with Crippen molar-refractivity contribution in [2.24, 2.45) is 0 Å². The predicted octanol–water partition coefficient (Wildman–Crippen LogP) is 4.81. The second-order valence-electron chi connectivity index (χ2n) is 6.36. The van der Waals surface area contributed by atoms with E-state index < -0.39 is 0 Å². The Balaban J connectivity index is 1.70. The third kappa shape index (κ3) is 4.91. The zero-order valence-corrected chi connectivity index (χ0v) is 15.6. The van der Waals surface area contributed by atoms with Crippen molar-refractivity contribution >= 4 is 17.4 Å². The zero-order valence-electron chi connectivity index (χ0n) is 15.6. The Hall–Kier alpha value is -3.21. The van der Waals surface area contributed by atoms with Crippen molar-refractivity contribution in [3.05, 3.63) is 72.3 Å². The van der Waals surface area contributed by atoms with E-state index in [0.29, 0.717) is 11.4 Å². The minimum atomic E-state index is -0.0575. The van der Waals surface area contributed by atoms with Crippen LogP contribution in [0.15, 0.2) is 66.7 Å². The van der Waals surface area contributed by atoms with Crippen LogP contribution in [0.2, 0.25) is 0 Å². The van der Waals surface area contributed by atoms with Gasteiger partial charge in [0.15, 0.2) is 5.82 Å². The lowest BCUT2D eigenvalue weighted by Gasteiger charge is -2.15. The molecule has 0 fully saturated rings. The Morgan fingerprint density at radius 2 is 1.70 bits per heavy atom. The van der Waals surface area contributed by atoms with E-state index in [0.717, 1.165) is 29.8 Å². The quantitative estimate of drug-likeness (QED) is 0.635. The van der Waals surface area contributed by atoms with E-state index in [1.54, 1.807) is 0 Å². The number of hydrogen-bond acceptors (Lipinski definition) is 4. The number of carbonyl (C=O) groups is 1. The first-order valence-electron chi connectivity index (χ1n) is 9.26. The molecule has 1 amide bonds. The van der Waals surface area contributed by atoms with Crippen LogP contribution in [0.25, 0.3) is 11.3 Å². The first-order valence-corrected chi connectivity index (χ1v) is 9.26. The molecule has 3 aromatic rings. The van der Waals surface area contributed by atoms with Crippen molar-refractivity contribution < 1.29 is 4.79 Å². The molecule has 27 heavy (non-hydrogen) atoms. The molecule has 2 N–H and O–H groups in total. The Kier molecular flexibility index (Phi) is 6.15. The average Bonchev–Trinajstić information content (AvgIpc) is 2.73. The van der Waals surface area contributed by atoms with Crippen LogP contribution in [0, 0.1) is 0 Å². The molecule has 0 spiro atoms. The molecular weight excluding hydrogens is 336 g/mol. The smallest absolute Gasteiger partial charge is 0.251 e. The summed E-state index contributed by atoms with van der Waals surface area (Å²) in [6.45, 7) is 4.15. The van der Waals surface area contributed by atoms with Crippen LogP contribution < -0.4 is 10.6 Å². The lowest BCUT2D eigenvalue weighted by molar-refractivity contribution is 0.0935. The monoisotopic (exact) mass is 360 g/mol. The number of nitrogens with zero attached hydrogens (tertiary/aromatic N) is 2. The normalized spacial score (nSPS) is 10.6. The molecule has 5 heteroatoms. The number of amides is 1. The van der Waals surface area contributed by atoms with Crippen molar-refractivity contribution in [1.82, 2.24) is 15.5 Å². The lowest BCUT2D eigenvalue weighted by atomic mass is 10.1. The highest BCUT2D eigenvalue weighted by Crippen LogP contribution is 2.19. The molecule has 0 aliphatic rings. The molecule has 0 unspecified atom stereocenters. The number of hydrogen-bond donors (Lipinski definition) is 2. The number of anilines is 2. The van der Waals surface area contributed by atoms with Gasteiger partial charge in [0.05, 0.1) is 5.69 Å². The van der Waals surface area contributed by atoms with Gasteiger partial charge in [-0.3, -0.25) is 4.79 Å². The molecule has 1 heterocycles. The molecule has 138 valence electrons. The highest BCUT2D eigenvalue weighted by Gasteiger charge is 2.11. The molecule has 0 atom stereocenters. The minimum Gasteiger partial charge on any atom is -0.349 e. The fraction of sp³-hybridized carbons (Fsp3) is 0.227. The van der Waals surface area contributed by atoms with Gasteiger partial charge in [-0.1, -0.05) is 50.2 Å². The van der Waals surface area contributed by atoms with Crippen LogP contribution in [-0.4, -0.2) is 22.1 Å². The third-order valence-corrected chi connectivity index (χ3v) is 4.45. The summed E-state index contributed by atoms with van der Waals surface area (Å²) in [7, 11) is 0. The predicted molar refractivity (Wildman–Crippen MR) is 109 cm³/mol. The summed E-state index contributed by atoms with van der Waals surface area (Å²) in [6, 6.07) is 21.3. The van der Waals surface area contributed by atoms with Crippen LogP contribution >= 0.6 is 0 Å². The largest absolute Gasteiger partial charge is 0.349 e. The topological polar surface area (TPSA) is 66.9 Å². The molecule has 1 aromatic heterocycles. The van der Waals surface area contributed by atoms with E-state index in [9.17, 15) is 4.79 Å². The second-order valence-corrected chi connectivity index (χ2v) is 6.36. The van der Waals surface area contributed by atoms with Gasteiger partial charge in [-0.2, -0.15) is 0 Å². The molecule has 0 saturated carbocycles. The van der Waals surface area contributed by atoms with E-state index >= 15 is 0 Å². The maximum atomic E-state index is 12.4. The molecule has 0 saturated heterocycles. The molecule has 0 aliphatic heterocycles. The fourth-order valence-corrected chi connectivity index (χ4v) is 2.81. The minimum absolute atomic E-state index is 0.0575. The average molecular weight is 360 g/mol. The Morgan fingerprint density at radius 3 is 2.37 bits per heavy atom. The van der Waals surface area contributed by atoms with Gasteiger partial charge in [-0.05, 0) is 43.2 Å². The Bertz CT molecular complexity index is 874. The van der Waals surface area contributed by atoms with Gasteiger partial charge < -0.3 is 10.6 Å². The Morgan fingerprint density at radius 1 is 0.926 bits per heavy atom. The fourth-order valence-electron chi connectivity index (χ4n) is 2.81. The highest BCUT2D eigenvalue weighted by molar-refractivity contribution is 5.95. The van der Waals surface area contributed by atoms with Gasteiger partial charge in [0.2, 0.25) is 0 Å². The van der Waals surface area contributed by atoms with Gasteiger partial charge in [0.25, 0.3) is 5.91 Å². The van der Waals surface area contributed by atoms with Gasteiger partial charge >= 0.3 is 0 Å². The summed E-state index contributed by atoms with van der Waals surface area (Å²) in [6.07, 6.45) is 1.84. The Labute approximate surface area is 159 Å². The molecular formula is C22H24N4O. The maximum Gasteiger partial charge on any atom is 0.251 e. The van der Waals surface area contributed by atoms with Crippen LogP contribution in [0.3, 0.4) is 0 Å². The summed E-state index contributed by atoms with van der Waals surface area (Å²) >= 11 is 0. The van der Waals surface area contributed by atoms with Crippen LogP contribution in [0.5, 0.6) is 0 Å². The third-order valence-electron chi connectivity index (χ3n) is 4.45. The van der Waals surface area contributed by atoms with Crippen molar-refractivity contribution in [3.8, 4) is 11.3 Å². The summed E-state index contributed by atoms with van der Waals surface area (Å²) < 4.78 is 0. The zero-order chi connectivity index (χ0) is 19.1. The molecule has 5 nitrogen and oxygen atoms in total. The molecule has 2 aromatic carbocycles. The van der Waals surface area contributed by atoms with Crippen molar-refractivity contribution in [3.63, 3.8) is 0 Å². The number of rotatable bonds is 7. The van der Waals surface area contributed by atoms with E-state index in [1.807, 2.05) is 66.7 Å². The summed E-state index contributed by atoms with van der Waals surface area (Å²) in [5.74, 6) is 0.574. The second kappa shape index (κ2) is 8.94. The van der Waals surface area contributed by atoms with Crippen LogP contribution in [0.4, 0.5) is 11.5 Å². The number of carbonyl (C=O) groups excluding carboxylic acids is 1. The molecule has 0 radical (unpaired) electrons. The van der Waals surface area contributed by atoms with Gasteiger partial charge in [-0.15, -0.1) is 10.2 Å². The van der Waals surface area contributed by atoms with E-state index in [1.165, 1.54) is 0 Å². The molecule has 3 rings (SSSR count). The maximum absolute atomic E-state index is 12.4. The van der Waals surface area contributed by atoms with Crippen molar-refractivity contribution in [2.45, 2.75) is 32.7 Å². The summed E-state index contributed by atoms with van der Waals surface area (Å²) in [4.78, 5) is 12.4. The van der Waals surface area contributed by atoms with Gasteiger partial charge in [0.1, 0.15) is 0 Å². The summed E-state index contributed by atoms with van der Waals surface area (Å²) in [5, 5.41) is 14.8. The number of nitrogens with one attached hydrogen (secondary N) is 2. The first kappa shape index (κ1) is 18.6. The molecule has 0 aliphatic carbocycles. The number of benzene rings is 2. The van der Waals surface area contributed by atoms with E-state index in [4.69, 9.17) is 0 Å². The van der Waals surface area contributed by atoms with E-state index in [-0.39, 0.29) is 11.9 Å². The standard InChI is InChI=1S/C22H24N4O/c1-3-18(4-2)24-22(27)17-11-8-12-19(15-17)23-21-14-13-20(25-26-21)16-9-6-5-7-10-16/h5-15,18H,3-4H2,1-2H3,(H,23,26)(H,24,27). The first-order chi connectivity index (χ1) is 13.2. The van der Waals surface area contributed by atoms with Crippen molar-refractivity contribution in [1.29, 1.82) is 0 Å². The summed E-state index contributed by atoms with van der Waals surface area (Å²) in [5.41, 5.74) is 3.27. The molecule has 0 bridgehead atoms. The van der Waals surface area contributed by atoms with E-state index in [2.05, 4.69) is 34.7 Å². The highest BCUT2D eigenvalue weighted by atomic mass is 16.1. The van der Waals surface area contributed by atoms with Crippen molar-refractivity contribution in [2.75, 3.05) is 5.32 Å². The van der Waals surface area contributed by atoms with Crippen LogP contribution in [0.1, 0.15) is 37.0 Å². The van der Waals surface area contributed by atoms with Gasteiger partial charge in [0, 0.05) is 22.9 Å². The SMILES string of the molecule is CCC(CC)NC(=O)c1cccc(Nc2ccc(-c3ccccc3)nn2)c1.